The van der Waals surface area contributed by atoms with Crippen LogP contribution < -0.4 is 10.1 Å². The Morgan fingerprint density at radius 3 is 3.23 bits per heavy atom. The fraction of sp³-hybridized carbons (Fsp3) is 0.588. The number of nitrogens with one attached hydrogen (secondary N) is 1. The molecule has 1 N–H and O–H groups in total. The third kappa shape index (κ3) is 6.02. The molecule has 0 amide bonds. The van der Waals surface area contributed by atoms with Gasteiger partial charge in [0.25, 0.3) is 0 Å². The first-order valence-electron chi connectivity index (χ1n) is 7.87. The van der Waals surface area contributed by atoms with Crippen LogP contribution in [-0.4, -0.2) is 50.9 Å². The molecule has 1 aromatic carbocycles. The number of likely N-dealkylation sites (N-methyl/N-ethyl adjacent to an activating group) is 1. The van der Waals surface area contributed by atoms with Gasteiger partial charge in [-0.05, 0) is 31.2 Å². The van der Waals surface area contributed by atoms with E-state index in [-0.39, 0.29) is 6.10 Å². The zero-order valence-corrected chi connectivity index (χ0v) is 13.3. The van der Waals surface area contributed by atoms with Crippen molar-refractivity contribution in [2.45, 2.75) is 25.5 Å². The second-order valence-electron chi connectivity index (χ2n) is 5.64. The van der Waals surface area contributed by atoms with Crippen LogP contribution in [0.15, 0.2) is 24.3 Å². The Kier molecular flexibility index (Phi) is 7.17. The second-order valence-corrected chi connectivity index (χ2v) is 5.64. The highest BCUT2D eigenvalue weighted by atomic mass is 16.5. The van der Waals surface area contributed by atoms with Crippen molar-refractivity contribution in [2.75, 3.05) is 39.9 Å². The summed E-state index contributed by atoms with van der Waals surface area (Å²) in [6, 6.07) is 10.2. The van der Waals surface area contributed by atoms with E-state index in [1.54, 1.807) is 0 Å². The van der Waals surface area contributed by atoms with E-state index >= 15 is 0 Å². The van der Waals surface area contributed by atoms with E-state index in [0.29, 0.717) is 13.0 Å². The van der Waals surface area contributed by atoms with Crippen LogP contribution >= 0.6 is 0 Å². The number of hydrogen-bond acceptors (Lipinski definition) is 5. The lowest BCUT2D eigenvalue weighted by molar-refractivity contribution is -0.0182. The minimum Gasteiger partial charge on any atom is -0.494 e. The summed E-state index contributed by atoms with van der Waals surface area (Å²) in [5, 5.41) is 11.9. The Balaban J connectivity index is 1.70. The monoisotopic (exact) mass is 303 g/mol. The van der Waals surface area contributed by atoms with Gasteiger partial charge in [-0.15, -0.1) is 0 Å². The molecule has 2 rings (SSSR count). The first-order chi connectivity index (χ1) is 10.8. The van der Waals surface area contributed by atoms with E-state index in [4.69, 9.17) is 14.7 Å². The summed E-state index contributed by atoms with van der Waals surface area (Å²) in [4.78, 5) is 2.30. The van der Waals surface area contributed by atoms with Crippen molar-refractivity contribution < 1.29 is 9.47 Å². The van der Waals surface area contributed by atoms with Gasteiger partial charge in [0.1, 0.15) is 5.75 Å². The molecule has 1 heterocycles. The van der Waals surface area contributed by atoms with Gasteiger partial charge >= 0.3 is 0 Å². The molecule has 120 valence electrons. The SMILES string of the molecule is CN1CCO[C@H](CNCc2cccc(OCCCC#N)c2)C1. The minimum atomic E-state index is 0.268. The maximum Gasteiger partial charge on any atom is 0.119 e. The second kappa shape index (κ2) is 9.42. The number of hydrogen-bond donors (Lipinski definition) is 1. The van der Waals surface area contributed by atoms with Gasteiger partial charge in [-0.3, -0.25) is 0 Å². The maximum atomic E-state index is 8.50. The predicted molar refractivity (Wildman–Crippen MR) is 85.7 cm³/mol. The van der Waals surface area contributed by atoms with Crippen LogP contribution in [0.5, 0.6) is 5.75 Å². The third-order valence-electron chi connectivity index (χ3n) is 3.64. The predicted octanol–water partition coefficient (Wildman–Crippen LogP) is 1.79. The van der Waals surface area contributed by atoms with Crippen molar-refractivity contribution >= 4 is 0 Å². The highest BCUT2D eigenvalue weighted by Crippen LogP contribution is 2.14. The Morgan fingerprint density at radius 1 is 1.50 bits per heavy atom. The topological polar surface area (TPSA) is 57.5 Å². The minimum absolute atomic E-state index is 0.268. The zero-order chi connectivity index (χ0) is 15.6. The van der Waals surface area contributed by atoms with Crippen molar-refractivity contribution in [2.24, 2.45) is 0 Å². The van der Waals surface area contributed by atoms with Gasteiger partial charge in [-0.1, -0.05) is 12.1 Å². The average molecular weight is 303 g/mol. The smallest absolute Gasteiger partial charge is 0.119 e. The van der Waals surface area contributed by atoms with Crippen molar-refractivity contribution in [3.05, 3.63) is 29.8 Å². The van der Waals surface area contributed by atoms with Crippen LogP contribution in [0.4, 0.5) is 0 Å². The number of ether oxygens (including phenoxy) is 2. The molecule has 22 heavy (non-hydrogen) atoms. The Bertz CT molecular complexity index is 487. The fourth-order valence-electron chi connectivity index (χ4n) is 2.45. The van der Waals surface area contributed by atoms with Gasteiger partial charge in [0.05, 0.1) is 25.4 Å². The number of nitriles is 1. The summed E-state index contributed by atoms with van der Waals surface area (Å²) in [5.41, 5.74) is 1.20. The molecular formula is C17H25N3O2. The molecule has 0 aliphatic carbocycles. The Hall–Kier alpha value is -1.61. The van der Waals surface area contributed by atoms with Crippen LogP contribution in [0, 0.1) is 11.3 Å². The molecule has 1 saturated heterocycles. The number of rotatable bonds is 8. The van der Waals surface area contributed by atoms with E-state index in [0.717, 1.165) is 45.0 Å². The molecule has 0 aromatic heterocycles. The number of nitrogens with zero attached hydrogens (tertiary/aromatic N) is 2. The summed E-state index contributed by atoms with van der Waals surface area (Å²) in [5.74, 6) is 0.867. The molecule has 1 aromatic rings. The zero-order valence-electron chi connectivity index (χ0n) is 13.3. The molecule has 0 saturated carbocycles. The molecular weight excluding hydrogens is 278 g/mol. The van der Waals surface area contributed by atoms with E-state index < -0.39 is 0 Å². The number of unbranched alkanes of at least 4 members (excludes halogenated alkanes) is 1. The van der Waals surface area contributed by atoms with E-state index in [1.807, 2.05) is 18.2 Å². The Labute approximate surface area is 132 Å². The van der Waals surface area contributed by atoms with Crippen molar-refractivity contribution in [3.63, 3.8) is 0 Å². The molecule has 0 spiro atoms. The van der Waals surface area contributed by atoms with Crippen LogP contribution in [0.3, 0.4) is 0 Å². The van der Waals surface area contributed by atoms with Gasteiger partial charge in [-0.2, -0.15) is 5.26 Å². The van der Waals surface area contributed by atoms with Gasteiger partial charge in [-0.25, -0.2) is 0 Å². The van der Waals surface area contributed by atoms with Gasteiger partial charge < -0.3 is 19.7 Å². The van der Waals surface area contributed by atoms with E-state index in [9.17, 15) is 0 Å². The Morgan fingerprint density at radius 2 is 2.41 bits per heavy atom. The van der Waals surface area contributed by atoms with Crippen molar-refractivity contribution in [1.29, 1.82) is 5.26 Å². The molecule has 0 radical (unpaired) electrons. The molecule has 5 nitrogen and oxygen atoms in total. The third-order valence-corrected chi connectivity index (χ3v) is 3.64. The number of benzene rings is 1. The summed E-state index contributed by atoms with van der Waals surface area (Å²) in [6.45, 7) is 5.06. The van der Waals surface area contributed by atoms with Gasteiger partial charge in [0.15, 0.2) is 0 Å². The largest absolute Gasteiger partial charge is 0.494 e. The average Bonchev–Trinajstić information content (AvgIpc) is 2.52. The van der Waals surface area contributed by atoms with Gasteiger partial charge in [0.2, 0.25) is 0 Å². The standard InChI is InChI=1S/C17H25N3O2/c1-20-8-10-22-17(14-20)13-19-12-15-5-4-6-16(11-15)21-9-3-2-7-18/h4-6,11,17,19H,2-3,8-10,12-14H2,1H3/t17-/m1/s1. The lowest BCUT2D eigenvalue weighted by Gasteiger charge is -2.30. The summed E-state index contributed by atoms with van der Waals surface area (Å²) < 4.78 is 11.4. The fourth-order valence-corrected chi connectivity index (χ4v) is 2.45. The lowest BCUT2D eigenvalue weighted by Crippen LogP contribution is -2.44. The maximum absolute atomic E-state index is 8.50. The first kappa shape index (κ1) is 16.8. The van der Waals surface area contributed by atoms with E-state index in [2.05, 4.69) is 29.4 Å². The molecule has 0 unspecified atom stereocenters. The highest BCUT2D eigenvalue weighted by molar-refractivity contribution is 5.28. The molecule has 1 aliphatic rings. The van der Waals surface area contributed by atoms with Crippen LogP contribution in [0.25, 0.3) is 0 Å². The number of morpholine rings is 1. The quantitative estimate of drug-likeness (QED) is 0.742. The van der Waals surface area contributed by atoms with Crippen molar-refractivity contribution in [1.82, 2.24) is 10.2 Å². The molecule has 5 heteroatoms. The molecule has 1 aliphatic heterocycles. The summed E-state index contributed by atoms with van der Waals surface area (Å²) >= 11 is 0. The molecule has 1 atom stereocenters. The van der Waals surface area contributed by atoms with Crippen molar-refractivity contribution in [3.8, 4) is 11.8 Å². The lowest BCUT2D eigenvalue weighted by atomic mass is 10.2. The van der Waals surface area contributed by atoms with Gasteiger partial charge in [0, 0.05) is 32.6 Å². The van der Waals surface area contributed by atoms with Crippen LogP contribution in [-0.2, 0) is 11.3 Å². The summed E-state index contributed by atoms with van der Waals surface area (Å²) in [7, 11) is 2.13. The van der Waals surface area contributed by atoms with Crippen LogP contribution in [0.1, 0.15) is 18.4 Å². The normalized spacial score (nSPS) is 18.8. The highest BCUT2D eigenvalue weighted by Gasteiger charge is 2.16. The molecule has 1 fully saturated rings. The molecule has 0 bridgehead atoms. The van der Waals surface area contributed by atoms with E-state index in [1.165, 1.54) is 5.56 Å². The van der Waals surface area contributed by atoms with Crippen LogP contribution in [0.2, 0.25) is 0 Å². The first-order valence-corrected chi connectivity index (χ1v) is 7.87. The summed E-state index contributed by atoms with van der Waals surface area (Å²) in [6.07, 6.45) is 1.58.